The monoisotopic (exact) mass is 508 g/mol. The Morgan fingerprint density at radius 1 is 1.27 bits per heavy atom. The maximum atomic E-state index is 14.2. The quantitative estimate of drug-likeness (QED) is 0.413. The van der Waals surface area contributed by atoms with E-state index in [-0.39, 0.29) is 52.7 Å². The van der Waals surface area contributed by atoms with E-state index < -0.39 is 5.92 Å². The Morgan fingerprint density at radius 3 is 2.81 bits per heavy atom. The van der Waals surface area contributed by atoms with E-state index in [4.69, 9.17) is 4.74 Å². The molecule has 37 heavy (non-hydrogen) atoms. The number of halogens is 2. The van der Waals surface area contributed by atoms with Crippen LogP contribution in [0.2, 0.25) is 0 Å². The van der Waals surface area contributed by atoms with Crippen molar-refractivity contribution in [2.24, 2.45) is 7.05 Å². The molecule has 0 bridgehead atoms. The number of alkyl halides is 2. The van der Waals surface area contributed by atoms with Gasteiger partial charge in [0.1, 0.15) is 34.4 Å². The van der Waals surface area contributed by atoms with Crippen molar-refractivity contribution in [2.75, 3.05) is 24.7 Å². The largest absolute Gasteiger partial charge is 0.454 e. The minimum absolute atomic E-state index is 0.148. The summed E-state index contributed by atoms with van der Waals surface area (Å²) in [4.78, 5) is 26.1. The fourth-order valence-corrected chi connectivity index (χ4v) is 3.98. The molecule has 4 aromatic rings. The Labute approximate surface area is 209 Å². The van der Waals surface area contributed by atoms with Crippen molar-refractivity contribution >= 4 is 34.8 Å². The maximum Gasteiger partial charge on any atom is 0.322 e. The SMILES string of the molecule is CN(C)C(=O)Nc1cc(Oc2cnc3nc(Nc4cc5n(n4)CCCC5(F)F)n(C)c3c2C#N)ccn1. The number of fused-ring (bicyclic) bond motifs is 2. The highest BCUT2D eigenvalue weighted by molar-refractivity contribution is 5.88. The standard InChI is InChI=1S/C23H22F2N10O2/c1-33(2)22(36)30-17-9-13(5-7-27-17)37-15-12-28-20-19(14(15)11-26)34(3)21(31-20)29-18-10-16-23(24,25)6-4-8-35(16)32-18/h5,7,9-10,12H,4,6,8H2,1-3H3,(H,27,30,36)(H,28,29,31,32). The van der Waals surface area contributed by atoms with Crippen LogP contribution in [0.1, 0.15) is 24.1 Å². The molecule has 0 radical (unpaired) electrons. The van der Waals surface area contributed by atoms with Gasteiger partial charge in [-0.25, -0.2) is 14.8 Å². The zero-order valence-electron chi connectivity index (χ0n) is 20.2. The lowest BCUT2D eigenvalue weighted by molar-refractivity contribution is -0.0364. The molecule has 0 aromatic carbocycles. The summed E-state index contributed by atoms with van der Waals surface area (Å²) in [6.07, 6.45) is 2.95. The van der Waals surface area contributed by atoms with Gasteiger partial charge in [-0.1, -0.05) is 0 Å². The predicted molar refractivity (Wildman–Crippen MR) is 129 cm³/mol. The smallest absolute Gasteiger partial charge is 0.322 e. The molecule has 0 unspecified atom stereocenters. The molecule has 0 saturated heterocycles. The summed E-state index contributed by atoms with van der Waals surface area (Å²) in [7, 11) is 4.86. The molecule has 190 valence electrons. The maximum absolute atomic E-state index is 14.2. The van der Waals surface area contributed by atoms with Crippen LogP contribution in [0.3, 0.4) is 0 Å². The molecule has 1 aliphatic heterocycles. The minimum Gasteiger partial charge on any atom is -0.454 e. The van der Waals surface area contributed by atoms with Gasteiger partial charge in [-0.15, -0.1) is 0 Å². The first-order valence-corrected chi connectivity index (χ1v) is 11.3. The highest BCUT2D eigenvalue weighted by Crippen LogP contribution is 2.38. The fourth-order valence-electron chi connectivity index (χ4n) is 3.98. The van der Waals surface area contributed by atoms with Gasteiger partial charge in [0.15, 0.2) is 17.2 Å². The van der Waals surface area contributed by atoms with Crippen LogP contribution in [0.25, 0.3) is 11.2 Å². The van der Waals surface area contributed by atoms with Crippen molar-refractivity contribution in [2.45, 2.75) is 25.3 Å². The molecule has 5 rings (SSSR count). The summed E-state index contributed by atoms with van der Waals surface area (Å²) in [5.41, 5.74) is 0.660. The van der Waals surface area contributed by atoms with E-state index in [0.29, 0.717) is 24.2 Å². The van der Waals surface area contributed by atoms with Crippen molar-refractivity contribution in [1.82, 2.24) is 34.2 Å². The molecular weight excluding hydrogens is 486 g/mol. The van der Waals surface area contributed by atoms with Gasteiger partial charge >= 0.3 is 6.03 Å². The molecule has 2 amide bonds. The van der Waals surface area contributed by atoms with Gasteiger partial charge < -0.3 is 19.5 Å². The summed E-state index contributed by atoms with van der Waals surface area (Å²) < 4.78 is 37.3. The first-order valence-electron chi connectivity index (χ1n) is 11.3. The number of pyridine rings is 2. The first kappa shape index (κ1) is 23.9. The number of anilines is 3. The Balaban J connectivity index is 1.45. The summed E-state index contributed by atoms with van der Waals surface area (Å²) in [5, 5.41) is 19.7. The number of urea groups is 1. The van der Waals surface area contributed by atoms with Crippen molar-refractivity contribution < 1.29 is 18.3 Å². The highest BCUT2D eigenvalue weighted by atomic mass is 19.3. The number of carbonyl (C=O) groups excluding carboxylic acids is 1. The third-order valence-electron chi connectivity index (χ3n) is 5.83. The average Bonchev–Trinajstić information content (AvgIpc) is 3.41. The van der Waals surface area contributed by atoms with E-state index in [9.17, 15) is 18.8 Å². The van der Waals surface area contributed by atoms with Gasteiger partial charge in [0.25, 0.3) is 5.92 Å². The second kappa shape index (κ2) is 9.01. The number of nitriles is 1. The number of rotatable bonds is 5. The fraction of sp³-hybridized carbons (Fsp3) is 0.304. The molecule has 14 heteroatoms. The van der Waals surface area contributed by atoms with Crippen molar-refractivity contribution in [1.29, 1.82) is 5.26 Å². The number of nitrogens with one attached hydrogen (secondary N) is 2. The van der Waals surface area contributed by atoms with Gasteiger partial charge in [0.2, 0.25) is 5.95 Å². The van der Waals surface area contributed by atoms with Crippen LogP contribution < -0.4 is 15.4 Å². The topological polar surface area (TPSA) is 139 Å². The van der Waals surface area contributed by atoms with Crippen molar-refractivity contribution in [3.8, 4) is 17.6 Å². The van der Waals surface area contributed by atoms with E-state index in [2.05, 4.69) is 36.8 Å². The van der Waals surface area contributed by atoms with Gasteiger partial charge in [0.05, 0.1) is 6.20 Å². The van der Waals surface area contributed by atoms with Gasteiger partial charge in [0, 0.05) is 52.4 Å². The molecule has 4 aromatic heterocycles. The molecule has 0 fully saturated rings. The van der Waals surface area contributed by atoms with Crippen molar-refractivity contribution in [3.63, 3.8) is 0 Å². The Morgan fingerprint density at radius 2 is 2.08 bits per heavy atom. The number of ether oxygens (including phenoxy) is 1. The number of aromatic nitrogens is 6. The molecule has 1 aliphatic rings. The third kappa shape index (κ3) is 4.46. The lowest BCUT2D eigenvalue weighted by Crippen LogP contribution is -2.27. The Bertz CT molecular complexity index is 1550. The highest BCUT2D eigenvalue weighted by Gasteiger charge is 2.38. The minimum atomic E-state index is -2.94. The third-order valence-corrected chi connectivity index (χ3v) is 5.83. The first-order chi connectivity index (χ1) is 17.7. The number of imidazole rings is 1. The zero-order valence-corrected chi connectivity index (χ0v) is 20.2. The number of amides is 2. The summed E-state index contributed by atoms with van der Waals surface area (Å²) in [6.45, 7) is 0.408. The summed E-state index contributed by atoms with van der Waals surface area (Å²) >= 11 is 0. The van der Waals surface area contributed by atoms with Crippen LogP contribution in [-0.4, -0.2) is 54.3 Å². The predicted octanol–water partition coefficient (Wildman–Crippen LogP) is 3.95. The number of aryl methyl sites for hydroxylation is 2. The molecule has 5 heterocycles. The second-order valence-corrected chi connectivity index (χ2v) is 8.65. The Hall–Kier alpha value is -4.80. The summed E-state index contributed by atoms with van der Waals surface area (Å²) in [5.74, 6) is -1.70. The average molecular weight is 508 g/mol. The van der Waals surface area contributed by atoms with Crippen LogP contribution in [-0.2, 0) is 19.5 Å². The van der Waals surface area contributed by atoms with Crippen LogP contribution in [0.15, 0.2) is 30.6 Å². The van der Waals surface area contributed by atoms with E-state index in [1.165, 1.54) is 34.1 Å². The molecule has 0 atom stereocenters. The van der Waals surface area contributed by atoms with Crippen LogP contribution in [0.5, 0.6) is 11.5 Å². The zero-order chi connectivity index (χ0) is 26.3. The lowest BCUT2D eigenvalue weighted by Gasteiger charge is -2.22. The number of hydrogen-bond acceptors (Lipinski definition) is 8. The van der Waals surface area contributed by atoms with E-state index in [1.54, 1.807) is 31.8 Å². The normalized spacial score (nSPS) is 14.1. The van der Waals surface area contributed by atoms with E-state index in [1.807, 2.05) is 0 Å². The molecule has 0 spiro atoms. The van der Waals surface area contributed by atoms with E-state index >= 15 is 0 Å². The van der Waals surface area contributed by atoms with Crippen molar-refractivity contribution in [3.05, 3.63) is 41.9 Å². The van der Waals surface area contributed by atoms with E-state index in [0.717, 1.165) is 0 Å². The lowest BCUT2D eigenvalue weighted by atomic mass is 10.1. The van der Waals surface area contributed by atoms with Gasteiger partial charge in [-0.05, 0) is 12.5 Å². The van der Waals surface area contributed by atoms with Gasteiger partial charge in [-0.2, -0.15) is 24.1 Å². The number of carbonyl (C=O) groups is 1. The molecule has 12 nitrogen and oxygen atoms in total. The number of nitrogens with zero attached hydrogens (tertiary/aromatic N) is 8. The molecule has 0 aliphatic carbocycles. The number of hydrogen-bond donors (Lipinski definition) is 2. The van der Waals surface area contributed by atoms with Crippen LogP contribution in [0.4, 0.5) is 31.2 Å². The summed E-state index contributed by atoms with van der Waals surface area (Å²) in [6, 6.07) is 6.16. The molecule has 2 N–H and O–H groups in total. The van der Waals surface area contributed by atoms with Crippen LogP contribution >= 0.6 is 0 Å². The van der Waals surface area contributed by atoms with Gasteiger partial charge in [-0.3, -0.25) is 10.00 Å². The molecular formula is C23H22F2N10O2. The Kier molecular flexibility index (Phi) is 5.82. The molecule has 0 saturated carbocycles. The van der Waals surface area contributed by atoms with Crippen LogP contribution in [0, 0.1) is 11.3 Å². The second-order valence-electron chi connectivity index (χ2n) is 8.65.